The van der Waals surface area contributed by atoms with Crippen molar-refractivity contribution in [2.24, 2.45) is 5.92 Å². The van der Waals surface area contributed by atoms with Crippen LogP contribution < -0.4 is 4.74 Å². The van der Waals surface area contributed by atoms with E-state index < -0.39 is 0 Å². The minimum absolute atomic E-state index is 0.438. The highest BCUT2D eigenvalue weighted by molar-refractivity contribution is 5.74. The fourth-order valence-electron chi connectivity index (χ4n) is 2.80. The summed E-state index contributed by atoms with van der Waals surface area (Å²) in [6.45, 7) is 13.5. The second kappa shape index (κ2) is 27.0. The molecule has 0 aromatic heterocycles. The van der Waals surface area contributed by atoms with E-state index >= 15 is 0 Å². The number of carbonyl (C=O) groups is 1. The molecule has 0 aliphatic carbocycles. The highest BCUT2D eigenvalue weighted by Crippen LogP contribution is 2.10. The molecule has 0 saturated carbocycles. The van der Waals surface area contributed by atoms with Crippen molar-refractivity contribution in [1.29, 1.82) is 0 Å². The molecule has 1 aromatic rings. The average molecular weight is 545 g/mol. The maximum atomic E-state index is 10.6. The molecule has 1 aromatic carbocycles. The monoisotopic (exact) mass is 544 g/mol. The predicted molar refractivity (Wildman–Crippen MR) is 143 cm³/mol. The minimum atomic E-state index is 0.438. The van der Waals surface area contributed by atoms with E-state index in [0.717, 1.165) is 19.3 Å². The zero-order valence-electron chi connectivity index (χ0n) is 23.3. The van der Waals surface area contributed by atoms with Gasteiger partial charge in [0.2, 0.25) is 0 Å². The molecule has 1 atom stereocenters. The van der Waals surface area contributed by atoms with Crippen LogP contribution in [-0.2, 0) is 37.9 Å². The molecule has 38 heavy (non-hydrogen) atoms. The van der Waals surface area contributed by atoms with Crippen molar-refractivity contribution in [3.8, 4) is 5.75 Å². The van der Waals surface area contributed by atoms with Gasteiger partial charge in [0.15, 0.2) is 0 Å². The molecule has 0 aliphatic heterocycles. The van der Waals surface area contributed by atoms with Gasteiger partial charge >= 0.3 is 0 Å². The van der Waals surface area contributed by atoms with Gasteiger partial charge in [-0.1, -0.05) is 20.3 Å². The molecular weight excluding hydrogens is 496 g/mol. The average Bonchev–Trinajstić information content (AvgIpc) is 2.95. The fraction of sp³-hybridized carbons (Fsp3) is 0.750. The summed E-state index contributed by atoms with van der Waals surface area (Å²) in [5.74, 6) is 1.31. The summed E-state index contributed by atoms with van der Waals surface area (Å²) in [6.07, 6.45) is 1.93. The standard InChI is InChI=1S/C28H48O10/c1-3-26(2)25-37-21-20-35-17-16-33-13-12-31-9-8-30-10-11-32-14-15-34-18-19-36-22-23-38-28-6-4-27(24-29)5-7-28/h4-7,24,26H,3,8-23,25H2,1-2H3. The molecule has 0 fully saturated rings. The Morgan fingerprint density at radius 2 is 0.895 bits per heavy atom. The molecule has 0 N–H and O–H groups in total. The lowest BCUT2D eigenvalue weighted by molar-refractivity contribution is -0.0243. The summed E-state index contributed by atoms with van der Waals surface area (Å²) in [6, 6.07) is 6.95. The molecular formula is C28H48O10. The molecule has 0 spiro atoms. The smallest absolute Gasteiger partial charge is 0.150 e. The predicted octanol–water partition coefficient (Wildman–Crippen LogP) is 3.06. The van der Waals surface area contributed by atoms with Gasteiger partial charge in [-0.2, -0.15) is 0 Å². The third-order valence-corrected chi connectivity index (χ3v) is 5.22. The van der Waals surface area contributed by atoms with Crippen LogP contribution >= 0.6 is 0 Å². The second-order valence-electron chi connectivity index (χ2n) is 8.41. The number of benzene rings is 1. The summed E-state index contributed by atoms with van der Waals surface area (Å²) in [7, 11) is 0. The first kappa shape index (κ1) is 34.4. The van der Waals surface area contributed by atoms with Crippen molar-refractivity contribution in [2.45, 2.75) is 20.3 Å². The Balaban J connectivity index is 1.67. The number of hydrogen-bond donors (Lipinski definition) is 0. The van der Waals surface area contributed by atoms with E-state index in [1.165, 1.54) is 0 Å². The van der Waals surface area contributed by atoms with Gasteiger partial charge in [0.05, 0.1) is 99.1 Å². The fourth-order valence-corrected chi connectivity index (χ4v) is 2.80. The highest BCUT2D eigenvalue weighted by Gasteiger charge is 1.99. The van der Waals surface area contributed by atoms with Crippen LogP contribution in [0.5, 0.6) is 5.75 Å². The molecule has 220 valence electrons. The normalized spacial score (nSPS) is 12.1. The molecule has 10 nitrogen and oxygen atoms in total. The lowest BCUT2D eigenvalue weighted by Gasteiger charge is -2.10. The summed E-state index contributed by atoms with van der Waals surface area (Å²) < 4.78 is 49.3. The third kappa shape index (κ3) is 22.4. The SMILES string of the molecule is CCC(C)COCCOCCOCCOCCOCCOCCOCCOCCOc1ccc(C=O)cc1. The Labute approximate surface area is 228 Å². The van der Waals surface area contributed by atoms with Crippen LogP contribution in [0.1, 0.15) is 30.6 Å². The van der Waals surface area contributed by atoms with Crippen LogP contribution in [-0.4, -0.2) is 119 Å². The van der Waals surface area contributed by atoms with Crippen LogP contribution in [0.3, 0.4) is 0 Å². The summed E-state index contributed by atoms with van der Waals surface area (Å²) in [4.78, 5) is 10.6. The molecule has 0 radical (unpaired) electrons. The number of carbonyl (C=O) groups excluding carboxylic acids is 1. The molecule has 1 unspecified atom stereocenters. The van der Waals surface area contributed by atoms with E-state index in [2.05, 4.69) is 13.8 Å². The quantitative estimate of drug-likeness (QED) is 0.111. The van der Waals surface area contributed by atoms with Crippen molar-refractivity contribution in [2.75, 3.05) is 112 Å². The molecule has 0 bridgehead atoms. The molecule has 1 rings (SSSR count). The Morgan fingerprint density at radius 3 is 1.24 bits per heavy atom. The van der Waals surface area contributed by atoms with E-state index in [9.17, 15) is 4.79 Å². The lowest BCUT2D eigenvalue weighted by Crippen LogP contribution is -2.15. The van der Waals surface area contributed by atoms with Crippen LogP contribution in [0.4, 0.5) is 0 Å². The number of hydrogen-bond acceptors (Lipinski definition) is 10. The molecule has 0 aliphatic rings. The first-order valence-corrected chi connectivity index (χ1v) is 13.6. The van der Waals surface area contributed by atoms with E-state index in [-0.39, 0.29) is 0 Å². The van der Waals surface area contributed by atoms with Crippen LogP contribution in [0.15, 0.2) is 24.3 Å². The van der Waals surface area contributed by atoms with Crippen molar-refractivity contribution < 1.29 is 47.4 Å². The van der Waals surface area contributed by atoms with E-state index in [1.807, 2.05) is 0 Å². The highest BCUT2D eigenvalue weighted by atomic mass is 16.6. The third-order valence-electron chi connectivity index (χ3n) is 5.22. The van der Waals surface area contributed by atoms with Gasteiger partial charge in [0.25, 0.3) is 0 Å². The van der Waals surface area contributed by atoms with Gasteiger partial charge in [0, 0.05) is 12.2 Å². The minimum Gasteiger partial charge on any atom is -0.491 e. The first-order chi connectivity index (χ1) is 18.8. The maximum Gasteiger partial charge on any atom is 0.150 e. The van der Waals surface area contributed by atoms with Gasteiger partial charge in [-0.25, -0.2) is 0 Å². The van der Waals surface area contributed by atoms with Gasteiger partial charge in [-0.15, -0.1) is 0 Å². The molecule has 0 saturated heterocycles. The second-order valence-corrected chi connectivity index (χ2v) is 8.41. The van der Waals surface area contributed by atoms with E-state index in [4.69, 9.17) is 42.6 Å². The Morgan fingerprint density at radius 1 is 0.553 bits per heavy atom. The van der Waals surface area contributed by atoms with Crippen LogP contribution in [0.2, 0.25) is 0 Å². The molecule has 0 heterocycles. The molecule has 0 amide bonds. The van der Waals surface area contributed by atoms with E-state index in [1.54, 1.807) is 24.3 Å². The van der Waals surface area contributed by atoms with Gasteiger partial charge in [-0.3, -0.25) is 4.79 Å². The van der Waals surface area contributed by atoms with Gasteiger partial charge in [-0.05, 0) is 30.2 Å². The van der Waals surface area contributed by atoms with Gasteiger partial charge < -0.3 is 42.6 Å². The largest absolute Gasteiger partial charge is 0.491 e. The van der Waals surface area contributed by atoms with Gasteiger partial charge in [0.1, 0.15) is 18.6 Å². The van der Waals surface area contributed by atoms with Crippen LogP contribution in [0.25, 0.3) is 0 Å². The summed E-state index contributed by atoms with van der Waals surface area (Å²) >= 11 is 0. The lowest BCUT2D eigenvalue weighted by atomic mass is 10.1. The van der Waals surface area contributed by atoms with Crippen molar-refractivity contribution >= 4 is 6.29 Å². The van der Waals surface area contributed by atoms with Crippen molar-refractivity contribution in [1.82, 2.24) is 0 Å². The summed E-state index contributed by atoms with van der Waals surface area (Å²) in [5, 5.41) is 0. The maximum absolute atomic E-state index is 10.6. The summed E-state index contributed by atoms with van der Waals surface area (Å²) in [5.41, 5.74) is 0.622. The number of aldehydes is 1. The van der Waals surface area contributed by atoms with Crippen LogP contribution in [0, 0.1) is 5.92 Å². The van der Waals surface area contributed by atoms with Crippen molar-refractivity contribution in [3.63, 3.8) is 0 Å². The van der Waals surface area contributed by atoms with Crippen molar-refractivity contribution in [3.05, 3.63) is 29.8 Å². The zero-order chi connectivity index (χ0) is 27.4. The Kier molecular flexibility index (Phi) is 24.4. The number of ether oxygens (including phenoxy) is 9. The molecule has 10 heteroatoms. The topological polar surface area (TPSA) is 100 Å². The number of rotatable bonds is 29. The first-order valence-electron chi connectivity index (χ1n) is 13.6. The Bertz CT molecular complexity index is 629. The van der Waals surface area contributed by atoms with E-state index in [0.29, 0.717) is 123 Å². The zero-order valence-corrected chi connectivity index (χ0v) is 23.3. The Hall–Kier alpha value is -1.63.